The average molecular weight is 269 g/mol. The molecule has 2 atom stereocenters. The van der Waals surface area contributed by atoms with E-state index in [0.29, 0.717) is 12.4 Å². The Morgan fingerprint density at radius 1 is 1.63 bits per heavy atom. The van der Waals surface area contributed by atoms with E-state index in [1.165, 1.54) is 6.26 Å². The summed E-state index contributed by atoms with van der Waals surface area (Å²) in [5.41, 5.74) is 0. The molecule has 1 unspecified atom stereocenters. The molecule has 6 heteroatoms. The minimum atomic E-state index is -0.790. The lowest BCUT2D eigenvalue weighted by Gasteiger charge is -2.20. The predicted molar refractivity (Wildman–Crippen MR) is 66.3 cm³/mol. The number of rotatable bonds is 5. The van der Waals surface area contributed by atoms with E-state index >= 15 is 0 Å². The molecule has 0 saturated carbocycles. The number of hydrogen-bond acceptors (Lipinski definition) is 5. The first-order chi connectivity index (χ1) is 8.96. The van der Waals surface area contributed by atoms with Crippen LogP contribution in [0.1, 0.15) is 19.6 Å². The standard InChI is InChI=1S/C13H19NO5/c1-13(2)18-8-11(19-13)10(15)7-14-12(16)6-9-4-3-5-17-9/h3-5,10-11,15H,6-8H2,1-2H3,(H,14,16)/t10?,11-/m1/s1. The zero-order chi connectivity index (χ0) is 13.9. The Hall–Kier alpha value is -1.37. The first kappa shape index (κ1) is 14.0. The van der Waals surface area contributed by atoms with Crippen LogP contribution in [0.5, 0.6) is 0 Å². The summed E-state index contributed by atoms with van der Waals surface area (Å²) in [6.07, 6.45) is 0.470. The van der Waals surface area contributed by atoms with Crippen molar-refractivity contribution in [1.29, 1.82) is 0 Å². The zero-order valence-electron chi connectivity index (χ0n) is 11.1. The number of nitrogens with one attached hydrogen (secondary N) is 1. The molecular formula is C13H19NO5. The lowest BCUT2D eigenvalue weighted by Crippen LogP contribution is -2.41. The number of aliphatic hydroxyl groups is 1. The van der Waals surface area contributed by atoms with Gasteiger partial charge in [-0.15, -0.1) is 0 Å². The quantitative estimate of drug-likeness (QED) is 0.811. The summed E-state index contributed by atoms with van der Waals surface area (Å²) in [5, 5.41) is 12.6. The van der Waals surface area contributed by atoms with Crippen molar-refractivity contribution in [2.45, 2.75) is 38.3 Å². The van der Waals surface area contributed by atoms with Crippen molar-refractivity contribution in [2.24, 2.45) is 0 Å². The SMILES string of the molecule is CC1(C)OC[C@H](C(O)CNC(=O)Cc2ccco2)O1. The summed E-state index contributed by atoms with van der Waals surface area (Å²) in [6.45, 7) is 4.02. The Morgan fingerprint density at radius 3 is 3.00 bits per heavy atom. The third-order valence-corrected chi connectivity index (χ3v) is 2.88. The molecule has 1 amide bonds. The van der Waals surface area contributed by atoms with Crippen molar-refractivity contribution in [3.05, 3.63) is 24.2 Å². The highest BCUT2D eigenvalue weighted by Crippen LogP contribution is 2.23. The number of amides is 1. The van der Waals surface area contributed by atoms with Crippen molar-refractivity contribution in [1.82, 2.24) is 5.32 Å². The third kappa shape index (κ3) is 4.05. The molecule has 2 rings (SSSR count). The van der Waals surface area contributed by atoms with Gasteiger partial charge in [-0.3, -0.25) is 4.79 Å². The van der Waals surface area contributed by atoms with Gasteiger partial charge in [-0.25, -0.2) is 0 Å². The second-order valence-corrected chi connectivity index (χ2v) is 4.99. The molecule has 1 fully saturated rings. The van der Waals surface area contributed by atoms with Crippen LogP contribution in [0.25, 0.3) is 0 Å². The largest absolute Gasteiger partial charge is 0.469 e. The summed E-state index contributed by atoms with van der Waals surface area (Å²) >= 11 is 0. The van der Waals surface area contributed by atoms with E-state index in [0.717, 1.165) is 0 Å². The Balaban J connectivity index is 1.71. The van der Waals surface area contributed by atoms with Gasteiger partial charge in [-0.1, -0.05) is 0 Å². The van der Waals surface area contributed by atoms with E-state index in [4.69, 9.17) is 13.9 Å². The molecule has 1 aromatic rings. The van der Waals surface area contributed by atoms with Gasteiger partial charge in [0.05, 0.1) is 25.4 Å². The maximum atomic E-state index is 11.6. The number of carbonyl (C=O) groups is 1. The molecule has 6 nitrogen and oxygen atoms in total. The highest BCUT2D eigenvalue weighted by atomic mass is 16.7. The molecule has 2 N–H and O–H groups in total. The average Bonchev–Trinajstić information content (AvgIpc) is 2.95. The van der Waals surface area contributed by atoms with E-state index < -0.39 is 18.0 Å². The lowest BCUT2D eigenvalue weighted by molar-refractivity contribution is -0.150. The van der Waals surface area contributed by atoms with Crippen LogP contribution >= 0.6 is 0 Å². The van der Waals surface area contributed by atoms with E-state index in [-0.39, 0.29) is 18.9 Å². The maximum absolute atomic E-state index is 11.6. The fraction of sp³-hybridized carbons (Fsp3) is 0.615. The van der Waals surface area contributed by atoms with Crippen LogP contribution in [-0.4, -0.2) is 42.2 Å². The monoisotopic (exact) mass is 269 g/mol. The van der Waals surface area contributed by atoms with Crippen molar-refractivity contribution in [3.63, 3.8) is 0 Å². The summed E-state index contributed by atoms with van der Waals surface area (Å²) in [7, 11) is 0. The topological polar surface area (TPSA) is 80.9 Å². The minimum absolute atomic E-state index is 0.129. The van der Waals surface area contributed by atoms with Crippen LogP contribution in [0.3, 0.4) is 0 Å². The Labute approximate surface area is 111 Å². The van der Waals surface area contributed by atoms with E-state index in [2.05, 4.69) is 5.32 Å². The van der Waals surface area contributed by atoms with E-state index in [1.807, 2.05) is 0 Å². The third-order valence-electron chi connectivity index (χ3n) is 2.88. The van der Waals surface area contributed by atoms with Crippen LogP contribution < -0.4 is 5.32 Å². The number of hydrogen-bond donors (Lipinski definition) is 2. The van der Waals surface area contributed by atoms with Crippen molar-refractivity contribution in [2.75, 3.05) is 13.2 Å². The van der Waals surface area contributed by atoms with Gasteiger partial charge in [0.2, 0.25) is 5.91 Å². The van der Waals surface area contributed by atoms with E-state index in [9.17, 15) is 9.90 Å². The molecule has 1 aliphatic rings. The summed E-state index contributed by atoms with van der Waals surface area (Å²) < 4.78 is 15.9. The molecule has 0 spiro atoms. The van der Waals surface area contributed by atoms with Gasteiger partial charge in [0, 0.05) is 6.54 Å². The van der Waals surface area contributed by atoms with Crippen molar-refractivity contribution >= 4 is 5.91 Å². The fourth-order valence-corrected chi connectivity index (χ4v) is 1.89. The number of aliphatic hydroxyl groups excluding tert-OH is 1. The number of furan rings is 1. The van der Waals surface area contributed by atoms with Crippen LogP contribution in [0.2, 0.25) is 0 Å². The van der Waals surface area contributed by atoms with Gasteiger partial charge in [0.25, 0.3) is 0 Å². The lowest BCUT2D eigenvalue weighted by atomic mass is 10.2. The van der Waals surface area contributed by atoms with Gasteiger partial charge >= 0.3 is 0 Å². The Kier molecular flexibility index (Phi) is 4.24. The minimum Gasteiger partial charge on any atom is -0.469 e. The van der Waals surface area contributed by atoms with Gasteiger partial charge in [-0.05, 0) is 26.0 Å². The van der Waals surface area contributed by atoms with E-state index in [1.54, 1.807) is 26.0 Å². The maximum Gasteiger partial charge on any atom is 0.227 e. The molecule has 0 radical (unpaired) electrons. The molecule has 0 aliphatic carbocycles. The molecule has 1 aliphatic heterocycles. The first-order valence-electron chi connectivity index (χ1n) is 6.25. The first-order valence-corrected chi connectivity index (χ1v) is 6.25. The second-order valence-electron chi connectivity index (χ2n) is 4.99. The molecule has 1 aromatic heterocycles. The Bertz CT molecular complexity index is 415. The van der Waals surface area contributed by atoms with Gasteiger partial charge in [0.1, 0.15) is 11.9 Å². The van der Waals surface area contributed by atoms with Crippen LogP contribution in [0, 0.1) is 0 Å². The van der Waals surface area contributed by atoms with Crippen molar-refractivity contribution < 1.29 is 23.8 Å². The van der Waals surface area contributed by atoms with Crippen molar-refractivity contribution in [3.8, 4) is 0 Å². The Morgan fingerprint density at radius 2 is 2.42 bits per heavy atom. The zero-order valence-corrected chi connectivity index (χ0v) is 11.1. The number of carbonyl (C=O) groups excluding carboxylic acids is 1. The summed E-state index contributed by atoms with van der Waals surface area (Å²) in [6, 6.07) is 3.45. The molecule has 106 valence electrons. The molecule has 2 heterocycles. The smallest absolute Gasteiger partial charge is 0.227 e. The molecule has 0 aromatic carbocycles. The summed E-state index contributed by atoms with van der Waals surface area (Å²) in [4.78, 5) is 11.6. The molecule has 0 bridgehead atoms. The fourth-order valence-electron chi connectivity index (χ4n) is 1.89. The van der Waals surface area contributed by atoms with Gasteiger partial charge in [0.15, 0.2) is 5.79 Å². The van der Waals surface area contributed by atoms with Gasteiger partial charge < -0.3 is 24.3 Å². The number of ether oxygens (including phenoxy) is 2. The summed E-state index contributed by atoms with van der Waals surface area (Å²) in [5.74, 6) is -0.287. The predicted octanol–water partition coefficient (Wildman–Crippen LogP) is 0.451. The second kappa shape index (κ2) is 5.73. The molecule has 1 saturated heterocycles. The normalized spacial score (nSPS) is 23.2. The molecular weight excluding hydrogens is 250 g/mol. The molecule has 19 heavy (non-hydrogen) atoms. The van der Waals surface area contributed by atoms with Crippen LogP contribution in [-0.2, 0) is 20.7 Å². The van der Waals surface area contributed by atoms with Gasteiger partial charge in [-0.2, -0.15) is 0 Å². The van der Waals surface area contributed by atoms with Crippen LogP contribution in [0.4, 0.5) is 0 Å². The highest BCUT2D eigenvalue weighted by Gasteiger charge is 2.36. The highest BCUT2D eigenvalue weighted by molar-refractivity contribution is 5.77. The van der Waals surface area contributed by atoms with Crippen LogP contribution in [0.15, 0.2) is 22.8 Å².